The van der Waals surface area contributed by atoms with Gasteiger partial charge in [0.2, 0.25) is 5.88 Å². The molecular formula is C13H22N2O. The van der Waals surface area contributed by atoms with E-state index in [9.17, 15) is 0 Å². The quantitative estimate of drug-likeness (QED) is 0.802. The first-order valence-electron chi connectivity index (χ1n) is 5.93. The Morgan fingerprint density at radius 1 is 1.38 bits per heavy atom. The normalized spacial score (nSPS) is 10.8. The third kappa shape index (κ3) is 4.19. The van der Waals surface area contributed by atoms with Crippen molar-refractivity contribution in [2.75, 3.05) is 13.7 Å². The van der Waals surface area contributed by atoms with Crippen molar-refractivity contribution in [1.29, 1.82) is 0 Å². The second-order valence-electron chi connectivity index (χ2n) is 4.39. The van der Waals surface area contributed by atoms with E-state index in [2.05, 4.69) is 37.1 Å². The molecule has 0 aliphatic heterocycles. The zero-order chi connectivity index (χ0) is 12.0. The van der Waals surface area contributed by atoms with Crippen LogP contribution in [0.2, 0.25) is 0 Å². The Hall–Kier alpha value is -1.09. The Bertz CT molecular complexity index is 324. The Kier molecular flexibility index (Phi) is 5.26. The molecule has 0 aliphatic rings. The number of ether oxygens (including phenoxy) is 1. The molecule has 1 N–H and O–H groups in total. The molecule has 0 unspecified atom stereocenters. The molecule has 0 aliphatic carbocycles. The maximum atomic E-state index is 5.66. The lowest BCUT2D eigenvalue weighted by molar-refractivity contribution is 0.260. The average molecular weight is 222 g/mol. The number of rotatable bonds is 6. The lowest BCUT2D eigenvalue weighted by Gasteiger charge is -2.11. The summed E-state index contributed by atoms with van der Waals surface area (Å²) < 4.78 is 5.66. The zero-order valence-electron chi connectivity index (χ0n) is 10.7. The topological polar surface area (TPSA) is 34.1 Å². The van der Waals surface area contributed by atoms with Crippen molar-refractivity contribution in [3.05, 3.63) is 23.4 Å². The minimum atomic E-state index is 0.528. The zero-order valence-corrected chi connectivity index (χ0v) is 10.7. The largest absolute Gasteiger partial charge is 0.477 e. The van der Waals surface area contributed by atoms with Crippen LogP contribution in [0.15, 0.2) is 12.1 Å². The predicted molar refractivity (Wildman–Crippen MR) is 66.7 cm³/mol. The molecule has 3 nitrogen and oxygen atoms in total. The van der Waals surface area contributed by atoms with Crippen LogP contribution in [0.25, 0.3) is 0 Å². The highest BCUT2D eigenvalue weighted by molar-refractivity contribution is 5.25. The van der Waals surface area contributed by atoms with Crippen molar-refractivity contribution in [2.45, 2.75) is 33.7 Å². The number of nitrogens with one attached hydrogen (secondary N) is 1. The second kappa shape index (κ2) is 6.48. The highest BCUT2D eigenvalue weighted by Crippen LogP contribution is 2.14. The Morgan fingerprint density at radius 2 is 2.12 bits per heavy atom. The Balaban J connectivity index is 2.77. The molecule has 0 amide bonds. The van der Waals surface area contributed by atoms with E-state index in [4.69, 9.17) is 4.74 Å². The van der Waals surface area contributed by atoms with Crippen LogP contribution in [0, 0.1) is 5.92 Å². The maximum absolute atomic E-state index is 5.66. The summed E-state index contributed by atoms with van der Waals surface area (Å²) in [4.78, 5) is 4.46. The molecule has 1 heterocycles. The fourth-order valence-corrected chi connectivity index (χ4v) is 1.43. The molecule has 0 fully saturated rings. The lowest BCUT2D eigenvalue weighted by atomic mass is 10.2. The van der Waals surface area contributed by atoms with E-state index in [1.54, 1.807) is 0 Å². The summed E-state index contributed by atoms with van der Waals surface area (Å²) in [6.07, 6.45) is 0.940. The molecule has 3 heteroatoms. The molecule has 0 atom stereocenters. The number of hydrogen-bond donors (Lipinski definition) is 1. The van der Waals surface area contributed by atoms with Crippen LogP contribution in [0.4, 0.5) is 0 Å². The monoisotopic (exact) mass is 222 g/mol. The average Bonchev–Trinajstić information content (AvgIpc) is 2.26. The van der Waals surface area contributed by atoms with Gasteiger partial charge in [-0.25, -0.2) is 4.98 Å². The molecule has 1 aromatic rings. The molecule has 0 radical (unpaired) electrons. The fourth-order valence-electron chi connectivity index (χ4n) is 1.43. The van der Waals surface area contributed by atoms with Gasteiger partial charge in [-0.15, -0.1) is 0 Å². The summed E-state index contributed by atoms with van der Waals surface area (Å²) in [6.45, 7) is 7.96. The summed E-state index contributed by atoms with van der Waals surface area (Å²) in [5, 5.41) is 3.14. The van der Waals surface area contributed by atoms with Gasteiger partial charge in [0.05, 0.1) is 6.61 Å². The first-order valence-corrected chi connectivity index (χ1v) is 5.93. The van der Waals surface area contributed by atoms with E-state index in [0.29, 0.717) is 5.92 Å². The molecule has 0 bridgehead atoms. The summed E-state index contributed by atoms with van der Waals surface area (Å²) >= 11 is 0. The van der Waals surface area contributed by atoms with Crippen molar-refractivity contribution in [1.82, 2.24) is 10.3 Å². The lowest BCUT2D eigenvalue weighted by Crippen LogP contribution is -2.09. The van der Waals surface area contributed by atoms with E-state index >= 15 is 0 Å². The minimum Gasteiger partial charge on any atom is -0.477 e. The van der Waals surface area contributed by atoms with E-state index in [1.807, 2.05) is 13.1 Å². The van der Waals surface area contributed by atoms with Crippen molar-refractivity contribution < 1.29 is 4.74 Å². The predicted octanol–water partition coefficient (Wildman–Crippen LogP) is 2.40. The van der Waals surface area contributed by atoms with Crippen molar-refractivity contribution in [2.24, 2.45) is 5.92 Å². The number of nitrogens with zero attached hydrogens (tertiary/aromatic N) is 1. The molecule has 0 saturated carbocycles. The Morgan fingerprint density at radius 3 is 2.69 bits per heavy atom. The van der Waals surface area contributed by atoms with Crippen LogP contribution in [0.5, 0.6) is 5.88 Å². The molecule has 1 rings (SSSR count). The standard InChI is InChI=1S/C13H22N2O/c1-5-12-6-11(8-14-4)7-13(15-12)16-9-10(2)3/h6-7,10,14H,5,8-9H2,1-4H3. The summed E-state index contributed by atoms with van der Waals surface area (Å²) in [5.74, 6) is 1.28. The van der Waals surface area contributed by atoms with Gasteiger partial charge in [0, 0.05) is 18.3 Å². The molecule has 0 aromatic carbocycles. The van der Waals surface area contributed by atoms with Gasteiger partial charge in [-0.2, -0.15) is 0 Å². The SMILES string of the molecule is CCc1cc(CNC)cc(OCC(C)C)n1. The minimum absolute atomic E-state index is 0.528. The van der Waals surface area contributed by atoms with Gasteiger partial charge in [0.15, 0.2) is 0 Å². The van der Waals surface area contributed by atoms with Gasteiger partial charge in [0.1, 0.15) is 0 Å². The van der Waals surface area contributed by atoms with Crippen LogP contribution in [0.3, 0.4) is 0 Å². The van der Waals surface area contributed by atoms with Crippen molar-refractivity contribution in [3.8, 4) is 5.88 Å². The maximum Gasteiger partial charge on any atom is 0.213 e. The highest BCUT2D eigenvalue weighted by Gasteiger charge is 2.03. The first kappa shape index (κ1) is 13.0. The third-order valence-electron chi connectivity index (χ3n) is 2.22. The molecule has 0 saturated heterocycles. The molecule has 16 heavy (non-hydrogen) atoms. The number of aromatic nitrogens is 1. The second-order valence-corrected chi connectivity index (χ2v) is 4.39. The molecule has 0 spiro atoms. The van der Waals surface area contributed by atoms with E-state index in [-0.39, 0.29) is 0 Å². The number of aryl methyl sites for hydroxylation is 1. The van der Waals surface area contributed by atoms with Crippen molar-refractivity contribution >= 4 is 0 Å². The van der Waals surface area contributed by atoms with Crippen LogP contribution in [-0.2, 0) is 13.0 Å². The van der Waals surface area contributed by atoms with Gasteiger partial charge in [-0.1, -0.05) is 20.8 Å². The van der Waals surface area contributed by atoms with Gasteiger partial charge in [-0.05, 0) is 31.0 Å². The van der Waals surface area contributed by atoms with E-state index in [0.717, 1.165) is 31.1 Å². The van der Waals surface area contributed by atoms with Gasteiger partial charge >= 0.3 is 0 Å². The third-order valence-corrected chi connectivity index (χ3v) is 2.22. The summed E-state index contributed by atoms with van der Waals surface area (Å²) in [7, 11) is 1.95. The molecular weight excluding hydrogens is 200 g/mol. The molecule has 90 valence electrons. The number of hydrogen-bond acceptors (Lipinski definition) is 3. The first-order chi connectivity index (χ1) is 7.65. The van der Waals surface area contributed by atoms with Crippen LogP contribution in [0.1, 0.15) is 32.0 Å². The Labute approximate surface area is 98.2 Å². The number of pyridine rings is 1. The fraction of sp³-hybridized carbons (Fsp3) is 0.615. The highest BCUT2D eigenvalue weighted by atomic mass is 16.5. The van der Waals surface area contributed by atoms with E-state index < -0.39 is 0 Å². The van der Waals surface area contributed by atoms with E-state index in [1.165, 1.54) is 5.56 Å². The van der Waals surface area contributed by atoms with Crippen LogP contribution >= 0.6 is 0 Å². The van der Waals surface area contributed by atoms with Gasteiger partial charge in [0.25, 0.3) is 0 Å². The smallest absolute Gasteiger partial charge is 0.213 e. The van der Waals surface area contributed by atoms with Crippen LogP contribution in [-0.4, -0.2) is 18.6 Å². The van der Waals surface area contributed by atoms with Crippen LogP contribution < -0.4 is 10.1 Å². The molecule has 1 aromatic heterocycles. The van der Waals surface area contributed by atoms with Gasteiger partial charge < -0.3 is 10.1 Å². The van der Waals surface area contributed by atoms with Gasteiger partial charge in [-0.3, -0.25) is 0 Å². The summed E-state index contributed by atoms with van der Waals surface area (Å²) in [6, 6.07) is 4.14. The summed E-state index contributed by atoms with van der Waals surface area (Å²) in [5.41, 5.74) is 2.32. The van der Waals surface area contributed by atoms with Crippen molar-refractivity contribution in [3.63, 3.8) is 0 Å².